The highest BCUT2D eigenvalue weighted by Crippen LogP contribution is 2.35. The smallest absolute Gasteiger partial charge is 0.257 e. The molecule has 4 aromatic rings. The summed E-state index contributed by atoms with van der Waals surface area (Å²) >= 11 is 0. The zero-order chi connectivity index (χ0) is 21.6. The number of carbonyl (C=O) groups excluding carboxylic acids is 1. The Morgan fingerprint density at radius 3 is 2.84 bits per heavy atom. The molecule has 1 amide bonds. The zero-order valence-corrected chi connectivity index (χ0v) is 17.3. The fourth-order valence-corrected chi connectivity index (χ4v) is 4.31. The number of likely N-dealkylation sites (tertiary alicyclic amines) is 1. The Hall–Kier alpha value is -3.62. The molecule has 8 nitrogen and oxygen atoms in total. The van der Waals surface area contributed by atoms with Gasteiger partial charge in [-0.1, -0.05) is 18.2 Å². The number of nitrogens with zero attached hydrogens (tertiary/aromatic N) is 7. The fourth-order valence-electron chi connectivity index (χ4n) is 4.31. The minimum Gasteiger partial charge on any atom is -0.335 e. The summed E-state index contributed by atoms with van der Waals surface area (Å²) in [6, 6.07) is 11.4. The maximum atomic E-state index is 15.4. The molecule has 1 aromatic carbocycles. The van der Waals surface area contributed by atoms with Gasteiger partial charge in [0.1, 0.15) is 12.0 Å². The fraction of sp³-hybridized carbons (Fsp3) is 0.318. The van der Waals surface area contributed by atoms with Crippen molar-refractivity contribution in [2.45, 2.75) is 31.9 Å². The number of amides is 1. The van der Waals surface area contributed by atoms with Crippen LogP contribution in [0.15, 0.2) is 55.1 Å². The van der Waals surface area contributed by atoms with E-state index in [0.717, 1.165) is 17.1 Å². The topological polar surface area (TPSA) is 81.2 Å². The van der Waals surface area contributed by atoms with Crippen LogP contribution in [0.3, 0.4) is 0 Å². The van der Waals surface area contributed by atoms with Crippen LogP contribution in [-0.2, 0) is 0 Å². The van der Waals surface area contributed by atoms with Gasteiger partial charge in [0, 0.05) is 24.4 Å². The molecule has 3 aromatic heterocycles. The van der Waals surface area contributed by atoms with Crippen LogP contribution in [0.1, 0.15) is 41.0 Å². The molecule has 1 aliphatic rings. The molecule has 9 heteroatoms. The molecule has 4 heterocycles. The van der Waals surface area contributed by atoms with Crippen LogP contribution in [0.2, 0.25) is 0 Å². The number of hydrogen-bond donors (Lipinski definition) is 0. The highest BCUT2D eigenvalue weighted by molar-refractivity contribution is 5.94. The number of halogens is 1. The maximum absolute atomic E-state index is 15.4. The molecule has 2 unspecified atom stereocenters. The summed E-state index contributed by atoms with van der Waals surface area (Å²) in [6.45, 7) is 3.83. The Morgan fingerprint density at radius 1 is 1.23 bits per heavy atom. The van der Waals surface area contributed by atoms with Crippen molar-refractivity contribution in [2.75, 3.05) is 13.1 Å². The molecule has 1 saturated heterocycles. The second kappa shape index (κ2) is 7.26. The summed E-state index contributed by atoms with van der Waals surface area (Å²) in [5.41, 5.74) is 1.34. The lowest BCUT2D eigenvalue weighted by molar-refractivity contribution is 0.0342. The second-order valence-corrected chi connectivity index (χ2v) is 8.30. The van der Waals surface area contributed by atoms with E-state index in [1.54, 1.807) is 27.2 Å². The first kappa shape index (κ1) is 19.3. The van der Waals surface area contributed by atoms with Crippen molar-refractivity contribution in [1.29, 1.82) is 0 Å². The molecule has 0 saturated carbocycles. The minimum atomic E-state index is -1.53. The first-order valence-electron chi connectivity index (χ1n) is 10.2. The molecule has 0 aliphatic carbocycles. The van der Waals surface area contributed by atoms with Crippen molar-refractivity contribution < 1.29 is 9.18 Å². The van der Waals surface area contributed by atoms with E-state index in [2.05, 4.69) is 20.2 Å². The molecule has 0 N–H and O–H groups in total. The van der Waals surface area contributed by atoms with E-state index < -0.39 is 5.67 Å². The monoisotopic (exact) mass is 419 g/mol. The van der Waals surface area contributed by atoms with Crippen molar-refractivity contribution in [3.8, 4) is 5.69 Å². The van der Waals surface area contributed by atoms with E-state index in [-0.39, 0.29) is 18.4 Å². The third-order valence-electron chi connectivity index (χ3n) is 5.60. The number of piperidine rings is 1. The third-order valence-corrected chi connectivity index (χ3v) is 5.60. The van der Waals surface area contributed by atoms with Gasteiger partial charge < -0.3 is 4.90 Å². The number of aromatic nitrogens is 6. The van der Waals surface area contributed by atoms with Crippen LogP contribution >= 0.6 is 0 Å². The van der Waals surface area contributed by atoms with Gasteiger partial charge in [-0.3, -0.25) is 4.79 Å². The lowest BCUT2D eigenvalue weighted by Crippen LogP contribution is -2.49. The van der Waals surface area contributed by atoms with Gasteiger partial charge in [-0.2, -0.15) is 15.2 Å². The summed E-state index contributed by atoms with van der Waals surface area (Å²) in [7, 11) is 0. The van der Waals surface area contributed by atoms with Gasteiger partial charge in [0.2, 0.25) is 0 Å². The minimum absolute atomic E-state index is 0.0312. The number of fused-ring (bicyclic) bond motifs is 1. The number of rotatable bonds is 3. The largest absolute Gasteiger partial charge is 0.335 e. The lowest BCUT2D eigenvalue weighted by Gasteiger charge is -2.40. The number of benzene rings is 1. The van der Waals surface area contributed by atoms with Crippen LogP contribution in [0.4, 0.5) is 4.39 Å². The molecule has 1 aliphatic heterocycles. The van der Waals surface area contributed by atoms with E-state index in [0.29, 0.717) is 24.3 Å². The first-order chi connectivity index (χ1) is 14.9. The highest BCUT2D eigenvalue weighted by atomic mass is 19.1. The highest BCUT2D eigenvalue weighted by Gasteiger charge is 2.40. The molecule has 0 bridgehead atoms. The van der Waals surface area contributed by atoms with E-state index >= 15 is 4.39 Å². The Kier molecular flexibility index (Phi) is 4.53. The number of hydrogen-bond acceptors (Lipinski definition) is 5. The summed E-state index contributed by atoms with van der Waals surface area (Å²) in [4.78, 5) is 23.3. The van der Waals surface area contributed by atoms with Crippen LogP contribution in [0.5, 0.6) is 0 Å². The van der Waals surface area contributed by atoms with Crippen LogP contribution < -0.4 is 0 Å². The van der Waals surface area contributed by atoms with Gasteiger partial charge in [-0.15, -0.1) is 0 Å². The summed E-state index contributed by atoms with van der Waals surface area (Å²) in [6.07, 6.45) is 4.94. The summed E-state index contributed by atoms with van der Waals surface area (Å²) < 4.78 is 18.6. The van der Waals surface area contributed by atoms with Gasteiger partial charge in [0.25, 0.3) is 11.7 Å². The van der Waals surface area contributed by atoms with Crippen LogP contribution in [0.25, 0.3) is 11.5 Å². The zero-order valence-electron chi connectivity index (χ0n) is 17.3. The standard InChI is InChI=1S/C22H22FN7O/c1-15-8-19(30-21(27-15)24-14-26-30)16-9-22(2,23)13-28(11-16)20(31)17-10-25-29(12-17)18-6-4-3-5-7-18/h3-8,10,12,14,16H,9,11,13H2,1-2H3. The van der Waals surface area contributed by atoms with Crippen LogP contribution in [-0.4, -0.2) is 58.9 Å². The van der Waals surface area contributed by atoms with Gasteiger partial charge in [0.05, 0.1) is 29.7 Å². The Balaban J connectivity index is 1.45. The number of alkyl halides is 1. The van der Waals surface area contributed by atoms with E-state index in [4.69, 9.17) is 0 Å². The summed E-state index contributed by atoms with van der Waals surface area (Å²) in [5, 5.41) is 8.56. The molecule has 1 fully saturated rings. The molecule has 0 radical (unpaired) electrons. The molecule has 5 rings (SSSR count). The Bertz CT molecular complexity index is 1250. The van der Waals surface area contributed by atoms with E-state index in [1.807, 2.05) is 43.3 Å². The van der Waals surface area contributed by atoms with Crippen molar-refractivity contribution in [3.05, 3.63) is 72.1 Å². The van der Waals surface area contributed by atoms with Gasteiger partial charge in [-0.05, 0) is 38.5 Å². The van der Waals surface area contributed by atoms with Crippen molar-refractivity contribution in [2.24, 2.45) is 0 Å². The lowest BCUT2D eigenvalue weighted by atomic mass is 9.85. The van der Waals surface area contributed by atoms with Crippen LogP contribution in [0, 0.1) is 6.92 Å². The normalized spacial score (nSPS) is 21.5. The Morgan fingerprint density at radius 2 is 2.03 bits per heavy atom. The predicted molar refractivity (Wildman–Crippen MR) is 112 cm³/mol. The number of aryl methyl sites for hydroxylation is 1. The van der Waals surface area contributed by atoms with E-state index in [1.165, 1.54) is 12.5 Å². The second-order valence-electron chi connectivity index (χ2n) is 8.30. The Labute approximate surface area is 178 Å². The molecule has 158 valence electrons. The van der Waals surface area contributed by atoms with Crippen molar-refractivity contribution in [3.63, 3.8) is 0 Å². The number of carbonyl (C=O) groups is 1. The quantitative estimate of drug-likeness (QED) is 0.510. The van der Waals surface area contributed by atoms with Gasteiger partial charge in [0.15, 0.2) is 0 Å². The molecule has 2 atom stereocenters. The first-order valence-corrected chi connectivity index (χ1v) is 10.2. The molecule has 0 spiro atoms. The number of para-hydroxylation sites is 1. The predicted octanol–water partition coefficient (Wildman–Crippen LogP) is 2.98. The molecular weight excluding hydrogens is 397 g/mol. The van der Waals surface area contributed by atoms with E-state index in [9.17, 15) is 4.79 Å². The SMILES string of the molecule is Cc1cc(C2CN(C(=O)c3cnn(-c4ccccc4)c3)CC(C)(F)C2)n2ncnc2n1. The van der Waals surface area contributed by atoms with Crippen molar-refractivity contribution in [1.82, 2.24) is 34.3 Å². The average molecular weight is 419 g/mol. The third kappa shape index (κ3) is 3.67. The molecular formula is C22H22FN7O. The summed E-state index contributed by atoms with van der Waals surface area (Å²) in [5.74, 6) is 0.00212. The average Bonchev–Trinajstić information content (AvgIpc) is 3.42. The van der Waals surface area contributed by atoms with Gasteiger partial charge >= 0.3 is 0 Å². The van der Waals surface area contributed by atoms with Crippen molar-refractivity contribution >= 4 is 11.7 Å². The molecule has 31 heavy (non-hydrogen) atoms. The maximum Gasteiger partial charge on any atom is 0.257 e. The van der Waals surface area contributed by atoms with Gasteiger partial charge in [-0.25, -0.2) is 18.6 Å².